The van der Waals surface area contributed by atoms with Crippen molar-refractivity contribution in [3.05, 3.63) is 94.4 Å². The lowest BCUT2D eigenvalue weighted by atomic mass is 9.97. The monoisotopic (exact) mass is 422 g/mol. The van der Waals surface area contributed by atoms with E-state index in [4.69, 9.17) is 16.0 Å². The third kappa shape index (κ3) is 4.00. The molecule has 4 rings (SSSR count). The standard InChI is InChI=1S/C23H19ClN2O4/c24-17-9-7-16(8-10-17)21(27)18-4-1-2-5-19(18)22(28)25-11-13-26(14-12-25)23(29)20-6-3-15-30-20/h1-10,15H,11-14H2. The molecule has 0 unspecified atom stereocenters. The Bertz CT molecular complexity index is 1070. The van der Waals surface area contributed by atoms with Gasteiger partial charge in [-0.2, -0.15) is 0 Å². The van der Waals surface area contributed by atoms with E-state index in [1.165, 1.54) is 6.26 Å². The molecule has 6 nitrogen and oxygen atoms in total. The van der Waals surface area contributed by atoms with Crippen LogP contribution in [0.15, 0.2) is 71.3 Å². The molecule has 3 aromatic rings. The Balaban J connectivity index is 1.49. The number of benzene rings is 2. The van der Waals surface area contributed by atoms with Crippen molar-refractivity contribution in [2.45, 2.75) is 0 Å². The molecule has 0 radical (unpaired) electrons. The minimum absolute atomic E-state index is 0.189. The van der Waals surface area contributed by atoms with Crippen molar-refractivity contribution in [2.75, 3.05) is 26.2 Å². The highest BCUT2D eigenvalue weighted by Gasteiger charge is 2.28. The van der Waals surface area contributed by atoms with Crippen molar-refractivity contribution >= 4 is 29.2 Å². The minimum atomic E-state index is -0.234. The molecule has 0 spiro atoms. The Kier molecular flexibility index (Phi) is 5.68. The minimum Gasteiger partial charge on any atom is -0.459 e. The fourth-order valence-electron chi connectivity index (χ4n) is 3.46. The topological polar surface area (TPSA) is 70.8 Å². The second-order valence-corrected chi connectivity index (χ2v) is 7.38. The quantitative estimate of drug-likeness (QED) is 0.600. The molecular formula is C23H19ClN2O4. The zero-order valence-electron chi connectivity index (χ0n) is 16.1. The van der Waals surface area contributed by atoms with E-state index in [1.807, 2.05) is 0 Å². The van der Waals surface area contributed by atoms with Crippen molar-refractivity contribution in [1.82, 2.24) is 9.80 Å². The van der Waals surface area contributed by atoms with Crippen molar-refractivity contribution in [3.63, 3.8) is 0 Å². The van der Waals surface area contributed by atoms with E-state index in [0.717, 1.165) is 0 Å². The largest absolute Gasteiger partial charge is 0.459 e. The maximum absolute atomic E-state index is 13.1. The molecule has 152 valence electrons. The summed E-state index contributed by atoms with van der Waals surface area (Å²) in [7, 11) is 0. The maximum Gasteiger partial charge on any atom is 0.289 e. The first-order chi connectivity index (χ1) is 14.5. The van der Waals surface area contributed by atoms with E-state index in [-0.39, 0.29) is 23.4 Å². The van der Waals surface area contributed by atoms with Crippen LogP contribution in [0.1, 0.15) is 36.8 Å². The Labute approximate surface area is 178 Å². The molecule has 30 heavy (non-hydrogen) atoms. The lowest BCUT2D eigenvalue weighted by Crippen LogP contribution is -2.50. The summed E-state index contributed by atoms with van der Waals surface area (Å²) in [6.07, 6.45) is 1.46. The highest BCUT2D eigenvalue weighted by atomic mass is 35.5. The average molecular weight is 423 g/mol. The van der Waals surface area contributed by atoms with Crippen LogP contribution in [0.3, 0.4) is 0 Å². The first-order valence-electron chi connectivity index (χ1n) is 9.56. The van der Waals surface area contributed by atoms with Gasteiger partial charge < -0.3 is 14.2 Å². The molecular weight excluding hydrogens is 404 g/mol. The highest BCUT2D eigenvalue weighted by Crippen LogP contribution is 2.19. The van der Waals surface area contributed by atoms with Crippen LogP contribution in [0.2, 0.25) is 5.02 Å². The van der Waals surface area contributed by atoms with Crippen LogP contribution >= 0.6 is 11.6 Å². The first-order valence-corrected chi connectivity index (χ1v) is 9.94. The van der Waals surface area contributed by atoms with Crippen molar-refractivity contribution in [3.8, 4) is 0 Å². The normalized spacial score (nSPS) is 13.9. The van der Waals surface area contributed by atoms with Gasteiger partial charge in [0.2, 0.25) is 0 Å². The number of furan rings is 1. The van der Waals surface area contributed by atoms with Crippen LogP contribution in [-0.2, 0) is 0 Å². The van der Waals surface area contributed by atoms with E-state index < -0.39 is 0 Å². The van der Waals surface area contributed by atoms with Gasteiger partial charge in [0.05, 0.1) is 11.8 Å². The Hall–Kier alpha value is -3.38. The summed E-state index contributed by atoms with van der Waals surface area (Å²) in [4.78, 5) is 41.8. The maximum atomic E-state index is 13.1. The average Bonchev–Trinajstić information content (AvgIpc) is 3.33. The zero-order valence-corrected chi connectivity index (χ0v) is 16.8. The van der Waals surface area contributed by atoms with Gasteiger partial charge in [-0.1, -0.05) is 29.8 Å². The molecule has 7 heteroatoms. The van der Waals surface area contributed by atoms with E-state index in [9.17, 15) is 14.4 Å². The van der Waals surface area contributed by atoms with Gasteiger partial charge in [0, 0.05) is 42.3 Å². The van der Waals surface area contributed by atoms with Crippen molar-refractivity contribution in [2.24, 2.45) is 0 Å². The first kappa shape index (κ1) is 19.9. The predicted octanol–water partition coefficient (Wildman–Crippen LogP) is 3.76. The van der Waals surface area contributed by atoms with Crippen LogP contribution in [0.4, 0.5) is 0 Å². The van der Waals surface area contributed by atoms with Crippen LogP contribution in [0.5, 0.6) is 0 Å². The van der Waals surface area contributed by atoms with E-state index in [0.29, 0.717) is 47.9 Å². The van der Waals surface area contributed by atoms with Gasteiger partial charge in [0.1, 0.15) is 0 Å². The molecule has 2 heterocycles. The summed E-state index contributed by atoms with van der Waals surface area (Å²) in [6, 6.07) is 16.7. The number of nitrogens with zero attached hydrogens (tertiary/aromatic N) is 2. The van der Waals surface area contributed by atoms with Crippen LogP contribution in [-0.4, -0.2) is 53.6 Å². The molecule has 2 amide bonds. The van der Waals surface area contributed by atoms with Crippen molar-refractivity contribution < 1.29 is 18.8 Å². The Morgan fingerprint density at radius 1 is 0.733 bits per heavy atom. The second-order valence-electron chi connectivity index (χ2n) is 6.94. The number of halogens is 1. The van der Waals surface area contributed by atoms with Gasteiger partial charge in [0.25, 0.3) is 11.8 Å². The summed E-state index contributed by atoms with van der Waals surface area (Å²) < 4.78 is 5.17. The van der Waals surface area contributed by atoms with Crippen LogP contribution in [0.25, 0.3) is 0 Å². The molecule has 1 fully saturated rings. The molecule has 0 aliphatic carbocycles. The summed E-state index contributed by atoms with van der Waals surface area (Å²) >= 11 is 5.91. The molecule has 1 saturated heterocycles. The summed E-state index contributed by atoms with van der Waals surface area (Å²) in [6.45, 7) is 1.57. The van der Waals surface area contributed by atoms with E-state index in [2.05, 4.69) is 0 Å². The molecule has 0 saturated carbocycles. The van der Waals surface area contributed by atoms with Gasteiger partial charge >= 0.3 is 0 Å². The number of amides is 2. The number of piperazine rings is 1. The number of rotatable bonds is 4. The van der Waals surface area contributed by atoms with Crippen molar-refractivity contribution in [1.29, 1.82) is 0 Å². The van der Waals surface area contributed by atoms with Gasteiger partial charge in [-0.15, -0.1) is 0 Å². The number of hydrogen-bond donors (Lipinski definition) is 0. The molecule has 0 N–H and O–H groups in total. The summed E-state index contributed by atoms with van der Waals surface area (Å²) in [5, 5.41) is 0.540. The van der Waals surface area contributed by atoms with E-state index in [1.54, 1.807) is 70.5 Å². The Morgan fingerprint density at radius 2 is 1.33 bits per heavy atom. The number of hydrogen-bond acceptors (Lipinski definition) is 4. The molecule has 0 atom stereocenters. The number of carbonyl (C=O) groups excluding carboxylic acids is 3. The molecule has 1 aliphatic heterocycles. The smallest absolute Gasteiger partial charge is 0.289 e. The SMILES string of the molecule is O=C(c1ccc(Cl)cc1)c1ccccc1C(=O)N1CCN(C(=O)c2ccco2)CC1. The van der Waals surface area contributed by atoms with Crippen LogP contribution < -0.4 is 0 Å². The lowest BCUT2D eigenvalue weighted by Gasteiger charge is -2.34. The summed E-state index contributed by atoms with van der Waals surface area (Å²) in [5.41, 5.74) is 1.16. The van der Waals surface area contributed by atoms with Gasteiger partial charge in [-0.25, -0.2) is 0 Å². The van der Waals surface area contributed by atoms with Gasteiger partial charge in [-0.3, -0.25) is 14.4 Å². The summed E-state index contributed by atoms with van der Waals surface area (Å²) in [5.74, 6) is -0.362. The molecule has 0 bridgehead atoms. The zero-order chi connectivity index (χ0) is 21.1. The van der Waals surface area contributed by atoms with Crippen LogP contribution in [0, 0.1) is 0 Å². The fraction of sp³-hybridized carbons (Fsp3) is 0.174. The predicted molar refractivity (Wildman–Crippen MR) is 112 cm³/mol. The van der Waals surface area contributed by atoms with Gasteiger partial charge in [-0.05, 0) is 42.5 Å². The third-order valence-corrected chi connectivity index (χ3v) is 5.35. The second kappa shape index (κ2) is 8.55. The highest BCUT2D eigenvalue weighted by molar-refractivity contribution is 6.30. The Morgan fingerprint density at radius 3 is 1.93 bits per heavy atom. The lowest BCUT2D eigenvalue weighted by molar-refractivity contribution is 0.0517. The fourth-order valence-corrected chi connectivity index (χ4v) is 3.59. The number of carbonyl (C=O) groups is 3. The number of ketones is 1. The van der Waals surface area contributed by atoms with Gasteiger partial charge in [0.15, 0.2) is 11.5 Å². The van der Waals surface area contributed by atoms with E-state index >= 15 is 0 Å². The molecule has 1 aromatic heterocycles. The molecule has 1 aliphatic rings. The molecule has 2 aromatic carbocycles. The third-order valence-electron chi connectivity index (χ3n) is 5.09.